The summed E-state index contributed by atoms with van der Waals surface area (Å²) in [5.41, 5.74) is 1.84. The van der Waals surface area contributed by atoms with Crippen molar-refractivity contribution in [1.29, 1.82) is 5.26 Å². The Labute approximate surface area is 132 Å². The molecule has 106 valence electrons. The number of carbonyl (C=O) groups excluding carboxylic acids is 1. The molecule has 2 rings (SSSR count). The van der Waals surface area contributed by atoms with Crippen molar-refractivity contribution in [1.82, 2.24) is 0 Å². The van der Waals surface area contributed by atoms with Gasteiger partial charge in [-0.3, -0.25) is 4.79 Å². The molecule has 2 aromatic rings. The molecule has 0 bridgehead atoms. The maximum atomic E-state index is 11.5. The molecular weight excluding hydrogens is 304 g/mol. The average Bonchev–Trinajstić information content (AvgIpc) is 2.47. The van der Waals surface area contributed by atoms with E-state index in [2.05, 4.69) is 5.32 Å². The third-order valence-corrected chi connectivity index (χ3v) is 4.06. The van der Waals surface area contributed by atoms with Crippen LogP contribution in [-0.2, 0) is 10.5 Å². The van der Waals surface area contributed by atoms with Gasteiger partial charge in [0, 0.05) is 15.7 Å². The fourth-order valence-electron chi connectivity index (χ4n) is 1.75. The van der Waals surface area contributed by atoms with E-state index in [0.717, 1.165) is 21.9 Å². The second kappa shape index (κ2) is 7.72. The fourth-order valence-corrected chi connectivity index (χ4v) is 2.91. The van der Waals surface area contributed by atoms with Crippen LogP contribution in [0.3, 0.4) is 0 Å². The van der Waals surface area contributed by atoms with E-state index in [4.69, 9.17) is 16.9 Å². The van der Waals surface area contributed by atoms with Crippen LogP contribution < -0.4 is 5.32 Å². The van der Waals surface area contributed by atoms with Crippen LogP contribution in [0.4, 0.5) is 5.69 Å². The lowest BCUT2D eigenvalue weighted by Crippen LogP contribution is -2.10. The molecule has 21 heavy (non-hydrogen) atoms. The van der Waals surface area contributed by atoms with Gasteiger partial charge in [-0.1, -0.05) is 35.9 Å². The number of nitrogens with one attached hydrogen (secondary N) is 1. The number of nitriles is 1. The van der Waals surface area contributed by atoms with Gasteiger partial charge in [0.05, 0.1) is 11.8 Å². The van der Waals surface area contributed by atoms with E-state index >= 15 is 0 Å². The van der Waals surface area contributed by atoms with E-state index in [9.17, 15) is 4.79 Å². The van der Waals surface area contributed by atoms with Gasteiger partial charge in [-0.2, -0.15) is 5.26 Å². The molecular formula is C16H13ClN2OS. The molecule has 0 spiro atoms. The Bertz CT molecular complexity index is 682. The standard InChI is InChI=1S/C16H13ClN2OS/c17-13-5-3-4-12(10-13)11-21-15-7-2-1-6-14(15)19-16(20)8-9-18/h1-7,10H,8,11H2,(H,19,20). The summed E-state index contributed by atoms with van der Waals surface area (Å²) < 4.78 is 0. The summed E-state index contributed by atoms with van der Waals surface area (Å²) in [6.07, 6.45) is -0.146. The first-order chi connectivity index (χ1) is 10.2. The zero-order valence-corrected chi connectivity index (χ0v) is 12.7. The van der Waals surface area contributed by atoms with Crippen molar-refractivity contribution in [2.24, 2.45) is 0 Å². The summed E-state index contributed by atoms with van der Waals surface area (Å²) in [5.74, 6) is 0.458. The second-order valence-corrected chi connectivity index (χ2v) is 5.75. The van der Waals surface area contributed by atoms with E-state index in [1.165, 1.54) is 0 Å². The summed E-state index contributed by atoms with van der Waals surface area (Å²) >= 11 is 7.58. The predicted octanol–water partition coefficient (Wildman–Crippen LogP) is 4.48. The number of hydrogen-bond donors (Lipinski definition) is 1. The van der Waals surface area contributed by atoms with E-state index in [0.29, 0.717) is 5.02 Å². The van der Waals surface area contributed by atoms with E-state index in [1.807, 2.05) is 54.6 Å². The van der Waals surface area contributed by atoms with Crippen LogP contribution in [0.1, 0.15) is 12.0 Å². The molecule has 0 aliphatic heterocycles. The van der Waals surface area contributed by atoms with E-state index in [1.54, 1.807) is 11.8 Å². The number of rotatable bonds is 5. The number of hydrogen-bond acceptors (Lipinski definition) is 3. The first-order valence-corrected chi connectivity index (χ1v) is 7.68. The summed E-state index contributed by atoms with van der Waals surface area (Å²) in [5, 5.41) is 12.0. The predicted molar refractivity (Wildman–Crippen MR) is 86.3 cm³/mol. The van der Waals surface area contributed by atoms with Crippen molar-refractivity contribution in [2.45, 2.75) is 17.1 Å². The lowest BCUT2D eigenvalue weighted by Gasteiger charge is -2.10. The topological polar surface area (TPSA) is 52.9 Å². The third-order valence-electron chi connectivity index (χ3n) is 2.68. The molecule has 0 aliphatic carbocycles. The van der Waals surface area contributed by atoms with Crippen LogP contribution in [0.25, 0.3) is 0 Å². The SMILES string of the molecule is N#CCC(=O)Nc1ccccc1SCc1cccc(Cl)c1. The molecule has 3 nitrogen and oxygen atoms in total. The molecule has 0 radical (unpaired) electrons. The quantitative estimate of drug-likeness (QED) is 0.827. The zero-order chi connectivity index (χ0) is 15.1. The first-order valence-electron chi connectivity index (χ1n) is 6.32. The molecule has 0 aliphatic rings. The first kappa shape index (κ1) is 15.4. The highest BCUT2D eigenvalue weighted by Gasteiger charge is 2.07. The molecule has 0 saturated carbocycles. The Morgan fingerprint density at radius 1 is 1.24 bits per heavy atom. The lowest BCUT2D eigenvalue weighted by atomic mass is 10.2. The van der Waals surface area contributed by atoms with Gasteiger partial charge in [-0.15, -0.1) is 11.8 Å². The van der Waals surface area contributed by atoms with Crippen LogP contribution in [-0.4, -0.2) is 5.91 Å². The van der Waals surface area contributed by atoms with Crippen LogP contribution in [0.5, 0.6) is 0 Å². The molecule has 1 amide bonds. The number of halogens is 1. The van der Waals surface area contributed by atoms with Gasteiger partial charge in [0.25, 0.3) is 0 Å². The smallest absolute Gasteiger partial charge is 0.238 e. The summed E-state index contributed by atoms with van der Waals surface area (Å²) in [6.45, 7) is 0. The number of thioether (sulfide) groups is 1. The number of benzene rings is 2. The van der Waals surface area contributed by atoms with E-state index in [-0.39, 0.29) is 12.3 Å². The zero-order valence-electron chi connectivity index (χ0n) is 11.2. The highest BCUT2D eigenvalue weighted by molar-refractivity contribution is 7.98. The molecule has 0 atom stereocenters. The minimum absolute atomic E-state index is 0.146. The van der Waals surface area contributed by atoms with Gasteiger partial charge in [0.2, 0.25) is 5.91 Å². The Kier molecular flexibility index (Phi) is 5.68. The highest BCUT2D eigenvalue weighted by Crippen LogP contribution is 2.30. The molecule has 5 heteroatoms. The number of carbonyl (C=O) groups is 1. The van der Waals surface area contributed by atoms with Gasteiger partial charge in [-0.25, -0.2) is 0 Å². The minimum Gasteiger partial charge on any atom is -0.324 e. The van der Waals surface area contributed by atoms with Crippen LogP contribution >= 0.6 is 23.4 Å². The maximum absolute atomic E-state index is 11.5. The summed E-state index contributed by atoms with van der Waals surface area (Å²) in [7, 11) is 0. The van der Waals surface area contributed by atoms with Gasteiger partial charge >= 0.3 is 0 Å². The van der Waals surface area contributed by atoms with Crippen molar-refractivity contribution in [3.05, 3.63) is 59.1 Å². The van der Waals surface area contributed by atoms with Gasteiger partial charge < -0.3 is 5.32 Å². The van der Waals surface area contributed by atoms with Crippen LogP contribution in [0, 0.1) is 11.3 Å². The lowest BCUT2D eigenvalue weighted by molar-refractivity contribution is -0.115. The van der Waals surface area contributed by atoms with Crippen molar-refractivity contribution in [3.8, 4) is 6.07 Å². The fraction of sp³-hybridized carbons (Fsp3) is 0.125. The number of para-hydroxylation sites is 1. The van der Waals surface area contributed by atoms with Crippen LogP contribution in [0.2, 0.25) is 5.02 Å². The van der Waals surface area contributed by atoms with Gasteiger partial charge in [0.15, 0.2) is 0 Å². The monoisotopic (exact) mass is 316 g/mol. The van der Waals surface area contributed by atoms with Crippen molar-refractivity contribution < 1.29 is 4.79 Å². The van der Waals surface area contributed by atoms with Crippen molar-refractivity contribution in [3.63, 3.8) is 0 Å². The molecule has 2 aromatic carbocycles. The average molecular weight is 317 g/mol. The highest BCUT2D eigenvalue weighted by atomic mass is 35.5. The summed E-state index contributed by atoms with van der Waals surface area (Å²) in [4.78, 5) is 12.5. The number of anilines is 1. The molecule has 0 unspecified atom stereocenters. The molecule has 0 heterocycles. The summed E-state index contributed by atoms with van der Waals surface area (Å²) in [6, 6.07) is 17.1. The Morgan fingerprint density at radius 3 is 2.81 bits per heavy atom. The van der Waals surface area contributed by atoms with Crippen molar-refractivity contribution >= 4 is 35.0 Å². The van der Waals surface area contributed by atoms with E-state index < -0.39 is 0 Å². The molecule has 1 N–H and O–H groups in total. The number of nitrogens with zero attached hydrogens (tertiary/aromatic N) is 1. The van der Waals surface area contributed by atoms with Crippen molar-refractivity contribution in [2.75, 3.05) is 5.32 Å². The molecule has 0 aromatic heterocycles. The number of amides is 1. The molecule has 0 fully saturated rings. The van der Waals surface area contributed by atoms with Crippen LogP contribution in [0.15, 0.2) is 53.4 Å². The maximum Gasteiger partial charge on any atom is 0.238 e. The minimum atomic E-state index is -0.298. The normalized spacial score (nSPS) is 9.90. The van der Waals surface area contributed by atoms with Gasteiger partial charge in [-0.05, 0) is 29.8 Å². The molecule has 0 saturated heterocycles. The Morgan fingerprint density at radius 2 is 2.05 bits per heavy atom. The van der Waals surface area contributed by atoms with Gasteiger partial charge in [0.1, 0.15) is 6.42 Å². The largest absolute Gasteiger partial charge is 0.324 e. The second-order valence-electron chi connectivity index (χ2n) is 4.30. The third kappa shape index (κ3) is 4.82. The Balaban J connectivity index is 2.06. The Hall–Kier alpha value is -1.96.